The second-order valence-corrected chi connectivity index (χ2v) is 8.78. The zero-order chi connectivity index (χ0) is 24.9. The number of amides is 2. The number of nitrogens with one attached hydrogen (secondary N) is 2. The van der Waals surface area contributed by atoms with Crippen molar-refractivity contribution < 1.29 is 24.2 Å². The van der Waals surface area contributed by atoms with Gasteiger partial charge in [-0.3, -0.25) is 14.9 Å². The van der Waals surface area contributed by atoms with Crippen molar-refractivity contribution in [2.75, 3.05) is 11.9 Å². The minimum atomic E-state index is -0.998. The smallest absolute Gasteiger partial charge is 0.412 e. The lowest BCUT2D eigenvalue weighted by molar-refractivity contribution is -0.137. The molecule has 0 spiro atoms. The number of aromatic nitrogens is 1. The van der Waals surface area contributed by atoms with E-state index in [1.165, 1.54) is 6.07 Å². The molecule has 0 radical (unpaired) electrons. The number of carboxylic acids is 1. The zero-order valence-electron chi connectivity index (χ0n) is 19.5. The second-order valence-electron chi connectivity index (χ2n) is 8.78. The number of pyridine rings is 1. The van der Waals surface area contributed by atoms with Gasteiger partial charge in [-0.1, -0.05) is 68.4 Å². The first kappa shape index (κ1) is 23.9. The first-order valence-corrected chi connectivity index (χ1v) is 11.4. The minimum absolute atomic E-state index is 0.0671. The Morgan fingerprint density at radius 2 is 1.57 bits per heavy atom. The Kier molecular flexibility index (Phi) is 7.10. The summed E-state index contributed by atoms with van der Waals surface area (Å²) < 4.78 is 5.53. The van der Waals surface area contributed by atoms with E-state index < -0.39 is 24.0 Å². The summed E-state index contributed by atoms with van der Waals surface area (Å²) in [6.07, 6.45) is -0.871. The number of carboxylic acid groups (broad SMARTS) is 1. The van der Waals surface area contributed by atoms with E-state index in [1.807, 2.05) is 50.2 Å². The molecular formula is C27H27N3O5. The van der Waals surface area contributed by atoms with E-state index >= 15 is 0 Å². The van der Waals surface area contributed by atoms with E-state index in [4.69, 9.17) is 9.84 Å². The van der Waals surface area contributed by atoms with Gasteiger partial charge in [-0.2, -0.15) is 0 Å². The van der Waals surface area contributed by atoms with Gasteiger partial charge >= 0.3 is 12.1 Å². The monoisotopic (exact) mass is 473 g/mol. The third kappa shape index (κ3) is 5.48. The van der Waals surface area contributed by atoms with Crippen molar-refractivity contribution in [2.24, 2.45) is 5.92 Å². The van der Waals surface area contributed by atoms with Crippen molar-refractivity contribution in [2.45, 2.75) is 32.2 Å². The van der Waals surface area contributed by atoms with Crippen molar-refractivity contribution in [1.29, 1.82) is 0 Å². The van der Waals surface area contributed by atoms with Crippen LogP contribution < -0.4 is 10.6 Å². The quantitative estimate of drug-likeness (QED) is 0.438. The lowest BCUT2D eigenvalue weighted by Gasteiger charge is -2.20. The molecule has 8 heteroatoms. The molecule has 1 aliphatic rings. The highest BCUT2D eigenvalue weighted by Crippen LogP contribution is 2.44. The van der Waals surface area contributed by atoms with Gasteiger partial charge in [0.05, 0.1) is 6.42 Å². The van der Waals surface area contributed by atoms with Gasteiger partial charge in [0.2, 0.25) is 0 Å². The fraction of sp³-hybridized carbons (Fsp3) is 0.259. The van der Waals surface area contributed by atoms with E-state index in [9.17, 15) is 14.4 Å². The maximum atomic E-state index is 12.6. The Labute approximate surface area is 203 Å². The number of rotatable bonds is 8. The van der Waals surface area contributed by atoms with Crippen LogP contribution in [0.3, 0.4) is 0 Å². The number of aliphatic carboxylic acids is 1. The number of benzene rings is 2. The summed E-state index contributed by atoms with van der Waals surface area (Å²) in [5.74, 6) is -1.49. The maximum absolute atomic E-state index is 12.6. The van der Waals surface area contributed by atoms with Crippen LogP contribution in [0, 0.1) is 5.92 Å². The average Bonchev–Trinajstić information content (AvgIpc) is 3.16. The third-order valence-corrected chi connectivity index (χ3v) is 6.07. The van der Waals surface area contributed by atoms with E-state index in [0.29, 0.717) is 0 Å². The number of anilines is 1. The molecule has 1 aromatic heterocycles. The van der Waals surface area contributed by atoms with Crippen molar-refractivity contribution >= 4 is 23.8 Å². The van der Waals surface area contributed by atoms with Gasteiger partial charge in [0.25, 0.3) is 5.91 Å². The van der Waals surface area contributed by atoms with Gasteiger partial charge in [0, 0.05) is 12.0 Å². The lowest BCUT2D eigenvalue weighted by atomic mass is 9.98. The molecule has 180 valence electrons. The molecule has 0 bridgehead atoms. The molecular weight excluding hydrogens is 446 g/mol. The molecule has 1 heterocycles. The highest BCUT2D eigenvalue weighted by Gasteiger charge is 2.29. The van der Waals surface area contributed by atoms with Gasteiger partial charge in [0.15, 0.2) is 0 Å². The van der Waals surface area contributed by atoms with Crippen LogP contribution >= 0.6 is 0 Å². The van der Waals surface area contributed by atoms with Crippen LogP contribution in [0.4, 0.5) is 10.6 Å². The van der Waals surface area contributed by atoms with Crippen LogP contribution in [0.25, 0.3) is 11.1 Å². The minimum Gasteiger partial charge on any atom is -0.481 e. The molecule has 8 nitrogen and oxygen atoms in total. The van der Waals surface area contributed by atoms with Crippen molar-refractivity contribution in [3.05, 3.63) is 83.6 Å². The first-order valence-electron chi connectivity index (χ1n) is 11.4. The van der Waals surface area contributed by atoms with Crippen LogP contribution in [0.15, 0.2) is 66.7 Å². The van der Waals surface area contributed by atoms with E-state index in [2.05, 4.69) is 27.8 Å². The number of fused-ring (bicyclic) bond motifs is 3. The lowest BCUT2D eigenvalue weighted by Crippen LogP contribution is -2.40. The van der Waals surface area contributed by atoms with Crippen molar-refractivity contribution in [1.82, 2.24) is 10.3 Å². The Morgan fingerprint density at radius 1 is 0.943 bits per heavy atom. The third-order valence-electron chi connectivity index (χ3n) is 6.07. The van der Waals surface area contributed by atoms with Gasteiger partial charge in [-0.05, 0) is 40.3 Å². The SMILES string of the molecule is CC(C)[C@@H](CC(=O)O)NC(=O)c1cccc(NC(=O)OCC2c3ccccc3-c3ccccc32)n1. The molecule has 0 saturated carbocycles. The fourth-order valence-corrected chi connectivity index (χ4v) is 4.25. The molecule has 0 saturated heterocycles. The predicted octanol–water partition coefficient (Wildman–Crippen LogP) is 4.67. The standard InChI is InChI=1S/C27H27N3O5/c1-16(2)23(14-25(31)32)29-26(33)22-12-7-13-24(28-22)30-27(34)35-15-21-19-10-5-3-8-17(19)18-9-4-6-11-20(18)21/h3-13,16,21,23H,14-15H2,1-2H3,(H,29,33)(H,31,32)(H,28,30,34)/t23-/m1/s1. The van der Waals surface area contributed by atoms with Gasteiger partial charge in [-0.15, -0.1) is 0 Å². The van der Waals surface area contributed by atoms with Crippen LogP contribution in [-0.2, 0) is 9.53 Å². The normalized spacial score (nSPS) is 13.0. The summed E-state index contributed by atoms with van der Waals surface area (Å²) in [7, 11) is 0. The molecule has 0 aliphatic heterocycles. The number of ether oxygens (including phenoxy) is 1. The molecule has 3 aromatic rings. The van der Waals surface area contributed by atoms with Crippen LogP contribution in [0.1, 0.15) is 47.8 Å². The average molecular weight is 474 g/mol. The highest BCUT2D eigenvalue weighted by molar-refractivity contribution is 5.93. The molecule has 2 amide bonds. The molecule has 3 N–H and O–H groups in total. The van der Waals surface area contributed by atoms with Crippen molar-refractivity contribution in [3.63, 3.8) is 0 Å². The molecule has 35 heavy (non-hydrogen) atoms. The second kappa shape index (κ2) is 10.4. The van der Waals surface area contributed by atoms with E-state index in [-0.39, 0.29) is 36.4 Å². The summed E-state index contributed by atoms with van der Waals surface area (Å²) in [6, 6.07) is 20.2. The largest absolute Gasteiger partial charge is 0.481 e. The van der Waals surface area contributed by atoms with E-state index in [1.54, 1.807) is 12.1 Å². The molecule has 4 rings (SSSR count). The van der Waals surface area contributed by atoms with Crippen LogP contribution in [0.2, 0.25) is 0 Å². The number of carbonyl (C=O) groups excluding carboxylic acids is 2. The number of hydrogen-bond donors (Lipinski definition) is 3. The van der Waals surface area contributed by atoms with Gasteiger partial charge in [0.1, 0.15) is 18.1 Å². The summed E-state index contributed by atoms with van der Waals surface area (Å²) in [5, 5.41) is 14.3. The topological polar surface area (TPSA) is 118 Å². The number of nitrogens with zero attached hydrogens (tertiary/aromatic N) is 1. The van der Waals surface area contributed by atoms with Gasteiger partial charge in [-0.25, -0.2) is 9.78 Å². The summed E-state index contributed by atoms with van der Waals surface area (Å²) in [4.78, 5) is 40.4. The molecule has 1 aliphatic carbocycles. The van der Waals surface area contributed by atoms with Crippen molar-refractivity contribution in [3.8, 4) is 11.1 Å². The fourth-order valence-electron chi connectivity index (χ4n) is 4.25. The zero-order valence-corrected chi connectivity index (χ0v) is 19.5. The molecule has 0 fully saturated rings. The molecule has 2 aromatic carbocycles. The van der Waals surface area contributed by atoms with Gasteiger partial charge < -0.3 is 15.2 Å². The van der Waals surface area contributed by atoms with Crippen LogP contribution in [-0.4, -0.2) is 40.7 Å². The number of hydrogen-bond acceptors (Lipinski definition) is 5. The summed E-state index contributed by atoms with van der Waals surface area (Å²) >= 11 is 0. The first-order chi connectivity index (χ1) is 16.8. The number of carbonyl (C=O) groups is 3. The maximum Gasteiger partial charge on any atom is 0.412 e. The Bertz CT molecular complexity index is 1210. The highest BCUT2D eigenvalue weighted by atomic mass is 16.5. The van der Waals surface area contributed by atoms with E-state index in [0.717, 1.165) is 22.3 Å². The Hall–Kier alpha value is -4.20. The predicted molar refractivity (Wildman–Crippen MR) is 131 cm³/mol. The summed E-state index contributed by atoms with van der Waals surface area (Å²) in [5.41, 5.74) is 4.57. The molecule has 1 atom stereocenters. The molecule has 0 unspecified atom stereocenters. The summed E-state index contributed by atoms with van der Waals surface area (Å²) in [6.45, 7) is 3.82. The van der Waals surface area contributed by atoms with Crippen LogP contribution in [0.5, 0.6) is 0 Å². The Balaban J connectivity index is 1.39. The Morgan fingerprint density at radius 3 is 2.17 bits per heavy atom.